The van der Waals surface area contributed by atoms with Gasteiger partial charge in [0.2, 0.25) is 0 Å². The van der Waals surface area contributed by atoms with Crippen LogP contribution >= 0.6 is 11.6 Å². The Balaban J connectivity index is 1.65. The molecule has 1 aliphatic rings. The Hall–Kier alpha value is -3.19. The van der Waals surface area contributed by atoms with Crippen molar-refractivity contribution in [1.82, 2.24) is 25.1 Å². The Labute approximate surface area is 203 Å². The van der Waals surface area contributed by atoms with Crippen molar-refractivity contribution >= 4 is 27.3 Å². The van der Waals surface area contributed by atoms with Crippen LogP contribution in [0, 0.1) is 0 Å². The lowest BCUT2D eigenvalue weighted by Gasteiger charge is -2.16. The smallest absolute Gasteiger partial charge is 0.406 e. The van der Waals surface area contributed by atoms with E-state index < -0.39 is 38.8 Å². The van der Waals surface area contributed by atoms with Crippen molar-refractivity contribution in [2.24, 2.45) is 0 Å². The molecular weight excluding hydrogens is 511 g/mol. The van der Waals surface area contributed by atoms with E-state index >= 15 is 0 Å². The number of alkyl halides is 3. The van der Waals surface area contributed by atoms with E-state index in [0.29, 0.717) is 28.6 Å². The lowest BCUT2D eigenvalue weighted by molar-refractivity contribution is -0.274. The van der Waals surface area contributed by atoms with Gasteiger partial charge in [-0.05, 0) is 50.1 Å². The van der Waals surface area contributed by atoms with E-state index in [4.69, 9.17) is 11.6 Å². The molecule has 3 aromatic rings. The van der Waals surface area contributed by atoms with Crippen molar-refractivity contribution in [2.75, 3.05) is 6.26 Å². The number of rotatable bonds is 7. The molecule has 1 amide bonds. The molecule has 35 heavy (non-hydrogen) atoms. The van der Waals surface area contributed by atoms with Gasteiger partial charge in [-0.25, -0.2) is 18.4 Å². The van der Waals surface area contributed by atoms with Crippen molar-refractivity contribution in [2.45, 2.75) is 43.0 Å². The number of halogens is 4. The third kappa shape index (κ3) is 6.09. The number of carbonyl (C=O) groups is 1. The molecule has 0 aliphatic heterocycles. The predicted octanol–water partition coefficient (Wildman–Crippen LogP) is 3.99. The van der Waals surface area contributed by atoms with Gasteiger partial charge in [0.25, 0.3) is 5.91 Å². The number of hydrogen-bond acceptors (Lipinski definition) is 7. The first-order valence-corrected chi connectivity index (χ1v) is 12.6. The summed E-state index contributed by atoms with van der Waals surface area (Å²) in [6.07, 6.45) is -0.971. The first kappa shape index (κ1) is 24.9. The molecular formula is C21H19ClF3N5O4S. The van der Waals surface area contributed by atoms with E-state index in [9.17, 15) is 26.4 Å². The van der Waals surface area contributed by atoms with Gasteiger partial charge in [0, 0.05) is 23.9 Å². The zero-order valence-electron chi connectivity index (χ0n) is 18.4. The van der Waals surface area contributed by atoms with Gasteiger partial charge >= 0.3 is 6.36 Å². The lowest BCUT2D eigenvalue weighted by atomic mass is 10.2. The molecule has 4 rings (SSSR count). The van der Waals surface area contributed by atoms with E-state index in [1.54, 1.807) is 19.1 Å². The molecule has 1 saturated carbocycles. The average Bonchev–Trinajstić information content (AvgIpc) is 3.50. The van der Waals surface area contributed by atoms with Crippen molar-refractivity contribution in [3.63, 3.8) is 0 Å². The number of nitrogens with zero attached hydrogens (tertiary/aromatic N) is 4. The summed E-state index contributed by atoms with van der Waals surface area (Å²) >= 11 is 5.91. The van der Waals surface area contributed by atoms with E-state index in [-0.39, 0.29) is 11.5 Å². The number of sulfone groups is 1. The first-order valence-electron chi connectivity index (χ1n) is 10.3. The van der Waals surface area contributed by atoms with Crippen LogP contribution in [0.2, 0.25) is 5.02 Å². The van der Waals surface area contributed by atoms with Gasteiger partial charge in [-0.15, -0.1) is 18.3 Å². The maximum atomic E-state index is 12.9. The van der Waals surface area contributed by atoms with Crippen molar-refractivity contribution in [3.05, 3.63) is 58.8 Å². The number of benzene rings is 1. The Kier molecular flexibility index (Phi) is 6.49. The summed E-state index contributed by atoms with van der Waals surface area (Å²) in [6, 6.07) is 4.96. The number of amides is 1. The highest BCUT2D eigenvalue weighted by atomic mass is 35.5. The molecule has 0 spiro atoms. The molecule has 9 nitrogen and oxygen atoms in total. The molecule has 0 bridgehead atoms. The number of ether oxygens (including phenoxy) is 1. The molecule has 1 fully saturated rings. The van der Waals surface area contributed by atoms with Gasteiger partial charge in [-0.1, -0.05) is 11.6 Å². The highest BCUT2D eigenvalue weighted by Crippen LogP contribution is 2.38. The van der Waals surface area contributed by atoms with Gasteiger partial charge in [0.15, 0.2) is 27.3 Å². The largest absolute Gasteiger partial charge is 0.573 e. The van der Waals surface area contributed by atoms with Gasteiger partial charge in [0.05, 0.1) is 16.0 Å². The lowest BCUT2D eigenvalue weighted by Crippen LogP contribution is -2.29. The first-order chi connectivity index (χ1) is 16.3. The van der Waals surface area contributed by atoms with Gasteiger partial charge in [-0.2, -0.15) is 4.68 Å². The Morgan fingerprint density at radius 2 is 1.97 bits per heavy atom. The minimum absolute atomic E-state index is 0.193. The second kappa shape index (κ2) is 9.11. The zero-order valence-corrected chi connectivity index (χ0v) is 19.9. The summed E-state index contributed by atoms with van der Waals surface area (Å²) < 4.78 is 67.4. The number of aromatic nitrogens is 4. The molecule has 0 saturated heterocycles. The summed E-state index contributed by atoms with van der Waals surface area (Å²) in [6.45, 7) is 1.61. The van der Waals surface area contributed by atoms with E-state index in [2.05, 4.69) is 25.1 Å². The second-order valence-electron chi connectivity index (χ2n) is 8.06. The molecule has 2 heterocycles. The fourth-order valence-corrected chi connectivity index (χ4v) is 4.03. The summed E-state index contributed by atoms with van der Waals surface area (Å²) in [4.78, 5) is 21.2. The van der Waals surface area contributed by atoms with Gasteiger partial charge in [0.1, 0.15) is 5.75 Å². The normalized spacial score (nSPS) is 15.0. The minimum Gasteiger partial charge on any atom is -0.406 e. The molecule has 0 unspecified atom stereocenters. The van der Waals surface area contributed by atoms with E-state index in [1.807, 2.05) is 0 Å². The second-order valence-corrected chi connectivity index (χ2v) is 10.5. The minimum atomic E-state index is -5.07. The van der Waals surface area contributed by atoms with Crippen LogP contribution in [0.5, 0.6) is 5.75 Å². The van der Waals surface area contributed by atoms with Crippen molar-refractivity contribution in [1.29, 1.82) is 0 Å². The predicted molar refractivity (Wildman–Crippen MR) is 118 cm³/mol. The standard InChI is InChI=1S/C21H19ClF3N5O4S/c1-11(19-28-18(12-3-4-12)29-30(19)17-6-5-14(22)10-26-17)27-20(31)13-7-15(34-21(23,24)25)9-16(8-13)35(2,32)33/h5-12H,3-4H2,1-2H3,(H,27,31)/t11-/m0/s1. The monoisotopic (exact) mass is 529 g/mol. The van der Waals surface area contributed by atoms with Crippen LogP contribution < -0.4 is 10.1 Å². The number of pyridine rings is 1. The highest BCUT2D eigenvalue weighted by molar-refractivity contribution is 7.90. The van der Waals surface area contributed by atoms with Crippen LogP contribution in [0.1, 0.15) is 53.7 Å². The molecule has 1 aromatic carbocycles. The molecule has 2 aromatic heterocycles. The Bertz CT molecular complexity index is 1370. The maximum absolute atomic E-state index is 12.9. The van der Waals surface area contributed by atoms with Crippen molar-refractivity contribution in [3.8, 4) is 11.6 Å². The van der Waals surface area contributed by atoms with Crippen LogP contribution in [-0.4, -0.2) is 46.7 Å². The van der Waals surface area contributed by atoms with Crippen LogP contribution in [-0.2, 0) is 9.84 Å². The fourth-order valence-electron chi connectivity index (χ4n) is 3.25. The summed E-state index contributed by atoms with van der Waals surface area (Å²) in [5.74, 6) is -0.146. The fraction of sp³-hybridized carbons (Fsp3) is 0.333. The summed E-state index contributed by atoms with van der Waals surface area (Å²) in [7, 11) is -3.94. The number of carbonyl (C=O) groups excluding carboxylic acids is 1. The molecule has 14 heteroatoms. The van der Waals surface area contributed by atoms with Gasteiger partial charge < -0.3 is 10.1 Å². The van der Waals surface area contributed by atoms with Gasteiger partial charge in [-0.3, -0.25) is 4.79 Å². The maximum Gasteiger partial charge on any atom is 0.573 e. The third-order valence-electron chi connectivity index (χ3n) is 5.06. The third-order valence-corrected chi connectivity index (χ3v) is 6.37. The molecule has 1 atom stereocenters. The van der Waals surface area contributed by atoms with Crippen LogP contribution in [0.4, 0.5) is 13.2 Å². The number of hydrogen-bond donors (Lipinski definition) is 1. The van der Waals surface area contributed by atoms with E-state index in [0.717, 1.165) is 31.2 Å². The zero-order chi connectivity index (χ0) is 25.5. The quantitative estimate of drug-likeness (QED) is 0.492. The molecule has 1 N–H and O–H groups in total. The topological polar surface area (TPSA) is 116 Å². The average molecular weight is 530 g/mol. The van der Waals surface area contributed by atoms with E-state index in [1.165, 1.54) is 10.9 Å². The van der Waals surface area contributed by atoms with Crippen molar-refractivity contribution < 1.29 is 31.1 Å². The summed E-state index contributed by atoms with van der Waals surface area (Å²) in [5, 5.41) is 7.54. The molecule has 0 radical (unpaired) electrons. The van der Waals surface area contributed by atoms with Crippen LogP contribution in [0.25, 0.3) is 5.82 Å². The Morgan fingerprint density at radius 1 is 1.26 bits per heavy atom. The molecule has 186 valence electrons. The van der Waals surface area contributed by atoms with Crippen LogP contribution in [0.15, 0.2) is 41.4 Å². The van der Waals surface area contributed by atoms with Crippen LogP contribution in [0.3, 0.4) is 0 Å². The SMILES string of the molecule is C[C@H](NC(=O)c1cc(OC(F)(F)F)cc(S(C)(=O)=O)c1)c1nc(C2CC2)nn1-c1ccc(Cl)cn1. The Morgan fingerprint density at radius 3 is 2.54 bits per heavy atom. The molecule has 1 aliphatic carbocycles. The summed E-state index contributed by atoms with van der Waals surface area (Å²) in [5.41, 5.74) is -0.336. The number of nitrogens with one attached hydrogen (secondary N) is 1. The highest BCUT2D eigenvalue weighted by Gasteiger charge is 2.33.